The summed E-state index contributed by atoms with van der Waals surface area (Å²) in [5.74, 6) is -0.00639. The number of fused-ring (bicyclic) bond motifs is 1. The molecule has 0 spiro atoms. The summed E-state index contributed by atoms with van der Waals surface area (Å²) in [6, 6.07) is 9.16. The molecule has 2 aromatic heterocycles. The van der Waals surface area contributed by atoms with Crippen molar-refractivity contribution in [3.05, 3.63) is 69.4 Å². The number of nitrogens with one attached hydrogen (secondary N) is 4. The molecule has 0 atom stereocenters. The Hall–Kier alpha value is -4.01. The van der Waals surface area contributed by atoms with E-state index in [4.69, 9.17) is 0 Å². The highest BCUT2D eigenvalue weighted by Crippen LogP contribution is 2.21. The maximum absolute atomic E-state index is 12.2. The highest BCUT2D eigenvalue weighted by atomic mass is 16.2. The predicted molar refractivity (Wildman–Crippen MR) is 130 cm³/mol. The minimum absolute atomic E-state index is 0.00639. The van der Waals surface area contributed by atoms with Gasteiger partial charge >= 0.3 is 0 Å². The van der Waals surface area contributed by atoms with Crippen molar-refractivity contribution in [3.8, 4) is 0 Å². The third kappa shape index (κ3) is 5.43. The fourth-order valence-corrected chi connectivity index (χ4v) is 3.70. The lowest BCUT2D eigenvalue weighted by atomic mass is 10.1. The van der Waals surface area contributed by atoms with Crippen LogP contribution in [0.25, 0.3) is 10.9 Å². The summed E-state index contributed by atoms with van der Waals surface area (Å²) in [4.78, 5) is 39.8. The number of hydrogen-bond acceptors (Lipinski definition) is 7. The molecule has 1 amide bonds. The van der Waals surface area contributed by atoms with E-state index in [0.29, 0.717) is 30.0 Å². The van der Waals surface area contributed by atoms with Crippen LogP contribution < -0.4 is 26.8 Å². The third-order valence-corrected chi connectivity index (χ3v) is 5.49. The predicted octanol–water partition coefficient (Wildman–Crippen LogP) is 3.69. The fourth-order valence-electron chi connectivity index (χ4n) is 3.70. The normalized spacial score (nSPS) is 11.0. The highest BCUT2D eigenvalue weighted by molar-refractivity contribution is 6.00. The monoisotopic (exact) mass is 446 g/mol. The van der Waals surface area contributed by atoms with E-state index in [9.17, 15) is 14.4 Å². The van der Waals surface area contributed by atoms with E-state index >= 15 is 0 Å². The molecule has 0 radical (unpaired) electrons. The van der Waals surface area contributed by atoms with Crippen molar-refractivity contribution in [1.82, 2.24) is 15.2 Å². The zero-order chi connectivity index (χ0) is 23.0. The van der Waals surface area contributed by atoms with Gasteiger partial charge in [0, 0.05) is 36.4 Å². The van der Waals surface area contributed by atoms with Crippen LogP contribution in [0.3, 0.4) is 0 Å². The van der Waals surface area contributed by atoms with Crippen LogP contribution >= 0.6 is 0 Å². The molecular formula is C24H26N6O3. The van der Waals surface area contributed by atoms with Crippen LogP contribution in [0, 0.1) is 0 Å². The summed E-state index contributed by atoms with van der Waals surface area (Å²) >= 11 is 0. The number of para-hydroxylation sites is 1. The van der Waals surface area contributed by atoms with Crippen molar-refractivity contribution in [3.63, 3.8) is 0 Å². The summed E-state index contributed by atoms with van der Waals surface area (Å²) < 4.78 is 0. The fraction of sp³-hybridized carbons (Fsp3) is 0.292. The van der Waals surface area contributed by atoms with Crippen LogP contribution in [0.5, 0.6) is 0 Å². The first-order valence-electron chi connectivity index (χ1n) is 11.1. The number of pyridine rings is 1. The second-order valence-corrected chi connectivity index (χ2v) is 7.90. The van der Waals surface area contributed by atoms with Crippen molar-refractivity contribution in [2.45, 2.75) is 38.5 Å². The number of rotatable bonds is 12. The Morgan fingerprint density at radius 1 is 0.909 bits per heavy atom. The van der Waals surface area contributed by atoms with Gasteiger partial charge in [0.05, 0.1) is 17.4 Å². The number of anilines is 4. The van der Waals surface area contributed by atoms with Crippen molar-refractivity contribution in [1.29, 1.82) is 0 Å². The van der Waals surface area contributed by atoms with E-state index in [1.807, 2.05) is 18.2 Å². The summed E-state index contributed by atoms with van der Waals surface area (Å²) in [5.41, 5.74) is 1.96. The molecule has 4 aromatic rings. The van der Waals surface area contributed by atoms with Gasteiger partial charge in [-0.25, -0.2) is 0 Å². The topological polar surface area (TPSA) is 129 Å². The molecule has 4 rings (SSSR count). The van der Waals surface area contributed by atoms with Gasteiger partial charge in [0.15, 0.2) is 0 Å². The molecule has 0 unspecified atom stereocenters. The lowest BCUT2D eigenvalue weighted by Crippen LogP contribution is -2.36. The molecule has 0 aliphatic rings. The van der Waals surface area contributed by atoms with Gasteiger partial charge in [-0.3, -0.25) is 24.5 Å². The summed E-state index contributed by atoms with van der Waals surface area (Å²) in [5, 5.41) is 16.9. The number of unbranched alkanes of at least 4 members (excludes halogenated alkanes) is 4. The number of aromatic amines is 1. The van der Waals surface area contributed by atoms with Crippen molar-refractivity contribution < 1.29 is 4.79 Å². The van der Waals surface area contributed by atoms with E-state index in [0.717, 1.165) is 48.7 Å². The molecule has 4 N–H and O–H groups in total. The van der Waals surface area contributed by atoms with Gasteiger partial charge in [0.1, 0.15) is 11.4 Å². The van der Waals surface area contributed by atoms with E-state index in [1.165, 1.54) is 0 Å². The van der Waals surface area contributed by atoms with Crippen LogP contribution in [0.1, 0.15) is 38.5 Å². The lowest BCUT2D eigenvalue weighted by molar-refractivity contribution is -0.116. The summed E-state index contributed by atoms with van der Waals surface area (Å²) in [6.07, 6.45) is 10.1. The number of hydrogen-bond donors (Lipinski definition) is 4. The van der Waals surface area contributed by atoms with Crippen LogP contribution in [0.15, 0.2) is 58.5 Å². The average molecular weight is 447 g/mol. The number of H-pyrrole nitrogens is 1. The third-order valence-electron chi connectivity index (χ3n) is 5.49. The first kappa shape index (κ1) is 22.2. The number of aromatic nitrogens is 3. The molecule has 0 saturated heterocycles. The minimum atomic E-state index is -0.503. The van der Waals surface area contributed by atoms with Crippen LogP contribution in [0.4, 0.5) is 22.7 Å². The Morgan fingerprint density at radius 2 is 1.67 bits per heavy atom. The Labute approximate surface area is 190 Å². The molecule has 33 heavy (non-hydrogen) atoms. The molecule has 0 fully saturated rings. The standard InChI is InChI=1S/C24H26N6O3/c31-19(29-18-8-6-7-16-15-27-30-20(16)18)9-4-2-1-3-5-12-26-21-22(24(33)23(21)32)28-17-10-13-25-14-11-17/h6-8,10-11,13-15,26H,1-5,9,12H2,(H,25,28)(H,27,30)(H,29,31). The average Bonchev–Trinajstić information content (AvgIpc) is 3.32. The zero-order valence-electron chi connectivity index (χ0n) is 18.2. The number of amides is 1. The molecule has 0 bridgehead atoms. The first-order valence-corrected chi connectivity index (χ1v) is 11.1. The van der Waals surface area contributed by atoms with Crippen LogP contribution in [-0.2, 0) is 4.79 Å². The first-order chi connectivity index (χ1) is 16.1. The van der Waals surface area contributed by atoms with Gasteiger partial charge < -0.3 is 16.0 Å². The Balaban J connectivity index is 1.11. The summed E-state index contributed by atoms with van der Waals surface area (Å²) in [7, 11) is 0. The number of benzene rings is 1. The maximum atomic E-state index is 12.2. The molecule has 9 heteroatoms. The quantitative estimate of drug-likeness (QED) is 0.193. The number of carbonyl (C=O) groups is 1. The van der Waals surface area contributed by atoms with Gasteiger partial charge in [-0.2, -0.15) is 5.10 Å². The zero-order valence-corrected chi connectivity index (χ0v) is 18.2. The van der Waals surface area contributed by atoms with Gasteiger partial charge in [-0.15, -0.1) is 0 Å². The smallest absolute Gasteiger partial charge is 0.253 e. The number of nitrogens with zero attached hydrogens (tertiary/aromatic N) is 2. The largest absolute Gasteiger partial charge is 0.380 e. The minimum Gasteiger partial charge on any atom is -0.380 e. The van der Waals surface area contributed by atoms with Crippen LogP contribution in [-0.4, -0.2) is 27.6 Å². The molecule has 9 nitrogen and oxygen atoms in total. The SMILES string of the molecule is O=C(CCCCCCCNc1c(Nc2ccncc2)c(=O)c1=O)Nc1cccc2cn[nH]c12. The molecule has 0 saturated carbocycles. The Morgan fingerprint density at radius 3 is 2.52 bits per heavy atom. The van der Waals surface area contributed by atoms with Gasteiger partial charge in [-0.1, -0.05) is 31.4 Å². The van der Waals surface area contributed by atoms with Crippen molar-refractivity contribution in [2.75, 3.05) is 22.5 Å². The highest BCUT2D eigenvalue weighted by Gasteiger charge is 2.20. The van der Waals surface area contributed by atoms with Gasteiger partial charge in [0.25, 0.3) is 10.9 Å². The van der Waals surface area contributed by atoms with Gasteiger partial charge in [0.2, 0.25) is 5.91 Å². The molecule has 2 heterocycles. The Kier molecular flexibility index (Phi) is 7.09. The van der Waals surface area contributed by atoms with Crippen molar-refractivity contribution >= 4 is 39.6 Å². The van der Waals surface area contributed by atoms with E-state index in [-0.39, 0.29) is 5.91 Å². The molecule has 0 aliphatic heterocycles. The lowest BCUT2D eigenvalue weighted by Gasteiger charge is -2.14. The van der Waals surface area contributed by atoms with Crippen molar-refractivity contribution in [2.24, 2.45) is 0 Å². The molecule has 0 aliphatic carbocycles. The molecule has 170 valence electrons. The second-order valence-electron chi connectivity index (χ2n) is 7.90. The van der Waals surface area contributed by atoms with Gasteiger partial charge in [-0.05, 0) is 31.0 Å². The van der Waals surface area contributed by atoms with E-state index in [1.54, 1.807) is 30.7 Å². The Bertz CT molecular complexity index is 1290. The summed E-state index contributed by atoms with van der Waals surface area (Å²) in [6.45, 7) is 0.616. The maximum Gasteiger partial charge on any atom is 0.253 e. The second kappa shape index (κ2) is 10.5. The molecule has 2 aromatic carbocycles. The molecular weight excluding hydrogens is 420 g/mol. The van der Waals surface area contributed by atoms with E-state index < -0.39 is 10.9 Å². The van der Waals surface area contributed by atoms with Crippen LogP contribution in [0.2, 0.25) is 0 Å². The van der Waals surface area contributed by atoms with E-state index in [2.05, 4.69) is 31.1 Å². The number of carbonyl (C=O) groups excluding carboxylic acids is 1.